The molecule has 0 spiro atoms. The van der Waals surface area contributed by atoms with E-state index in [1.807, 2.05) is 0 Å². The average Bonchev–Trinajstić information content (AvgIpc) is 1.83. The standard InChI is InChI=1S/C7H17S/c1-4-6-7-8(3)5-2/h4-7H2,1-3H3/q+1. The summed E-state index contributed by atoms with van der Waals surface area (Å²) in [5.41, 5.74) is 0. The van der Waals surface area contributed by atoms with Crippen molar-refractivity contribution in [1.82, 2.24) is 0 Å². The SMILES string of the molecule is CCCC[S+](C)CC. The van der Waals surface area contributed by atoms with Gasteiger partial charge < -0.3 is 0 Å². The molecule has 1 atom stereocenters. The van der Waals surface area contributed by atoms with E-state index >= 15 is 0 Å². The number of hydrogen-bond donors (Lipinski definition) is 0. The minimum Gasteiger partial charge on any atom is -0.0652 e. The van der Waals surface area contributed by atoms with Crippen molar-refractivity contribution in [3.8, 4) is 0 Å². The molecule has 0 amide bonds. The Morgan fingerprint density at radius 3 is 2.25 bits per heavy atom. The molecule has 0 bridgehead atoms. The van der Waals surface area contributed by atoms with Crippen molar-refractivity contribution in [2.24, 2.45) is 0 Å². The Morgan fingerprint density at radius 2 is 1.88 bits per heavy atom. The normalized spacial score (nSPS) is 13.9. The molecule has 0 saturated heterocycles. The summed E-state index contributed by atoms with van der Waals surface area (Å²) in [4.78, 5) is 0. The summed E-state index contributed by atoms with van der Waals surface area (Å²) < 4.78 is 0. The van der Waals surface area contributed by atoms with Crippen LogP contribution in [0, 0.1) is 0 Å². The van der Waals surface area contributed by atoms with Crippen molar-refractivity contribution in [3.63, 3.8) is 0 Å². The Hall–Kier alpha value is 0.350. The molecular formula is C7H17S+. The first-order chi connectivity index (χ1) is 3.81. The van der Waals surface area contributed by atoms with Gasteiger partial charge in [-0.05, 0) is 24.2 Å². The van der Waals surface area contributed by atoms with Crippen LogP contribution in [0.25, 0.3) is 0 Å². The summed E-state index contributed by atoms with van der Waals surface area (Å²) in [5.74, 6) is 2.83. The van der Waals surface area contributed by atoms with E-state index in [1.165, 1.54) is 24.3 Å². The quantitative estimate of drug-likeness (QED) is 0.515. The minimum atomic E-state index is 0.723. The largest absolute Gasteiger partial charge is 0.107 e. The van der Waals surface area contributed by atoms with Crippen molar-refractivity contribution in [1.29, 1.82) is 0 Å². The van der Waals surface area contributed by atoms with Crippen LogP contribution < -0.4 is 0 Å². The lowest BCUT2D eigenvalue weighted by molar-refractivity contribution is 0.893. The molecule has 0 aromatic heterocycles. The van der Waals surface area contributed by atoms with Gasteiger partial charge in [-0.15, -0.1) is 0 Å². The van der Waals surface area contributed by atoms with Crippen molar-refractivity contribution < 1.29 is 0 Å². The van der Waals surface area contributed by atoms with Crippen LogP contribution in [-0.4, -0.2) is 17.8 Å². The second kappa shape index (κ2) is 5.49. The molecule has 0 aliphatic carbocycles. The van der Waals surface area contributed by atoms with Gasteiger partial charge >= 0.3 is 0 Å². The van der Waals surface area contributed by atoms with Gasteiger partial charge in [0.1, 0.15) is 11.5 Å². The monoisotopic (exact) mass is 133 g/mol. The highest BCUT2D eigenvalue weighted by atomic mass is 32.2. The summed E-state index contributed by atoms with van der Waals surface area (Å²) in [5, 5.41) is 0. The van der Waals surface area contributed by atoms with Gasteiger partial charge in [-0.2, -0.15) is 0 Å². The Kier molecular flexibility index (Phi) is 5.73. The first kappa shape index (κ1) is 8.35. The van der Waals surface area contributed by atoms with Crippen LogP contribution in [0.3, 0.4) is 0 Å². The molecule has 0 aliphatic rings. The Bertz CT molecular complexity index is 43.7. The molecule has 0 N–H and O–H groups in total. The van der Waals surface area contributed by atoms with E-state index in [0.717, 1.165) is 10.9 Å². The van der Waals surface area contributed by atoms with Gasteiger partial charge in [0.05, 0.1) is 6.26 Å². The van der Waals surface area contributed by atoms with Gasteiger partial charge in [-0.25, -0.2) is 0 Å². The lowest BCUT2D eigenvalue weighted by atomic mass is 10.4. The van der Waals surface area contributed by atoms with Gasteiger partial charge in [-0.3, -0.25) is 0 Å². The molecule has 8 heavy (non-hydrogen) atoms. The number of hydrogen-bond acceptors (Lipinski definition) is 0. The molecule has 50 valence electrons. The van der Waals surface area contributed by atoms with Crippen LogP contribution in [0.4, 0.5) is 0 Å². The van der Waals surface area contributed by atoms with Gasteiger partial charge in [0.2, 0.25) is 0 Å². The maximum absolute atomic E-state index is 2.36. The summed E-state index contributed by atoms with van der Waals surface area (Å²) in [6.45, 7) is 4.53. The molecule has 0 saturated carbocycles. The molecule has 0 nitrogen and oxygen atoms in total. The zero-order chi connectivity index (χ0) is 6.41. The molecule has 0 aliphatic heterocycles. The Balaban J connectivity index is 2.86. The smallest absolute Gasteiger partial charge is 0.0652 e. The third kappa shape index (κ3) is 4.51. The fourth-order valence-corrected chi connectivity index (χ4v) is 1.61. The lowest BCUT2D eigenvalue weighted by Gasteiger charge is -1.95. The maximum atomic E-state index is 2.36. The highest BCUT2D eigenvalue weighted by molar-refractivity contribution is 7.96. The van der Waals surface area contributed by atoms with E-state index in [9.17, 15) is 0 Å². The van der Waals surface area contributed by atoms with Crippen molar-refractivity contribution >= 4 is 10.9 Å². The van der Waals surface area contributed by atoms with E-state index < -0.39 is 0 Å². The first-order valence-electron chi connectivity index (χ1n) is 3.40. The van der Waals surface area contributed by atoms with Crippen LogP contribution in [0.1, 0.15) is 26.7 Å². The maximum Gasteiger partial charge on any atom is 0.107 e. The summed E-state index contributed by atoms with van der Waals surface area (Å²) in [6, 6.07) is 0. The summed E-state index contributed by atoms with van der Waals surface area (Å²) >= 11 is 0. The van der Waals surface area contributed by atoms with Crippen LogP contribution >= 0.6 is 0 Å². The first-order valence-corrected chi connectivity index (χ1v) is 5.37. The molecule has 0 aromatic carbocycles. The molecule has 0 rings (SSSR count). The van der Waals surface area contributed by atoms with Crippen LogP contribution in [0.15, 0.2) is 0 Å². The van der Waals surface area contributed by atoms with E-state index in [0.29, 0.717) is 0 Å². The van der Waals surface area contributed by atoms with Crippen molar-refractivity contribution in [3.05, 3.63) is 0 Å². The van der Waals surface area contributed by atoms with E-state index in [-0.39, 0.29) is 0 Å². The second-order valence-electron chi connectivity index (χ2n) is 2.13. The van der Waals surface area contributed by atoms with Crippen LogP contribution in [0.2, 0.25) is 0 Å². The van der Waals surface area contributed by atoms with Crippen molar-refractivity contribution in [2.45, 2.75) is 26.7 Å². The van der Waals surface area contributed by atoms with Gasteiger partial charge in [0, 0.05) is 0 Å². The molecule has 1 heteroatoms. The van der Waals surface area contributed by atoms with Gasteiger partial charge in [0.15, 0.2) is 0 Å². The van der Waals surface area contributed by atoms with Crippen molar-refractivity contribution in [2.75, 3.05) is 17.8 Å². The molecule has 0 fully saturated rings. The van der Waals surface area contributed by atoms with Gasteiger partial charge in [-0.1, -0.05) is 13.3 Å². The zero-order valence-corrected chi connectivity index (χ0v) is 7.05. The minimum absolute atomic E-state index is 0.723. The predicted octanol–water partition coefficient (Wildman–Crippen LogP) is 2.05. The number of unbranched alkanes of at least 4 members (excludes halogenated alkanes) is 1. The zero-order valence-electron chi connectivity index (χ0n) is 6.24. The molecule has 0 aromatic rings. The summed E-state index contributed by atoms with van der Waals surface area (Å²) in [7, 11) is 0.723. The number of rotatable bonds is 4. The molecule has 1 unspecified atom stereocenters. The molecular weight excluding hydrogens is 116 g/mol. The topological polar surface area (TPSA) is 0 Å². The van der Waals surface area contributed by atoms with E-state index in [1.54, 1.807) is 0 Å². The Morgan fingerprint density at radius 1 is 1.25 bits per heavy atom. The van der Waals surface area contributed by atoms with Crippen LogP contribution in [-0.2, 0) is 10.9 Å². The molecule has 0 heterocycles. The van der Waals surface area contributed by atoms with E-state index in [4.69, 9.17) is 0 Å². The highest BCUT2D eigenvalue weighted by Gasteiger charge is 2.03. The average molecular weight is 133 g/mol. The Labute approximate surface area is 56.0 Å². The van der Waals surface area contributed by atoms with Gasteiger partial charge in [0.25, 0.3) is 0 Å². The third-order valence-corrected chi connectivity index (χ3v) is 3.31. The highest BCUT2D eigenvalue weighted by Crippen LogP contribution is 1.95. The fourth-order valence-electron chi connectivity index (χ4n) is 0.535. The predicted molar refractivity (Wildman–Crippen MR) is 43.6 cm³/mol. The summed E-state index contributed by atoms with van der Waals surface area (Å²) in [6.07, 6.45) is 5.14. The van der Waals surface area contributed by atoms with E-state index in [2.05, 4.69) is 20.1 Å². The van der Waals surface area contributed by atoms with Crippen LogP contribution in [0.5, 0.6) is 0 Å². The molecule has 0 radical (unpaired) electrons. The second-order valence-corrected chi connectivity index (χ2v) is 4.68. The fraction of sp³-hybridized carbons (Fsp3) is 1.00. The lowest BCUT2D eigenvalue weighted by Crippen LogP contribution is -2.06. The third-order valence-electron chi connectivity index (χ3n) is 1.34.